The SMILES string of the molecule is C#CCN(C/C=C/CN(CC#C)S(=O)(=O)c1c(C)cc(C)cc1C)S(=O)(=O)c1c(C)cc(C)cc1C. The molecule has 0 aliphatic carbocycles. The molecule has 0 N–H and O–H groups in total. The van der Waals surface area contributed by atoms with E-state index < -0.39 is 20.0 Å². The second-order valence-corrected chi connectivity index (χ2v) is 12.7. The topological polar surface area (TPSA) is 74.8 Å². The number of hydrogen-bond acceptors (Lipinski definition) is 4. The predicted molar refractivity (Wildman–Crippen MR) is 146 cm³/mol. The third-order valence-electron chi connectivity index (χ3n) is 5.73. The summed E-state index contributed by atoms with van der Waals surface area (Å²) in [6.45, 7) is 10.6. The van der Waals surface area contributed by atoms with E-state index >= 15 is 0 Å². The van der Waals surface area contributed by atoms with Crippen molar-refractivity contribution in [1.82, 2.24) is 8.61 Å². The molecule has 0 bridgehead atoms. The zero-order chi connectivity index (χ0) is 27.3. The fourth-order valence-electron chi connectivity index (χ4n) is 4.49. The average Bonchev–Trinajstić information content (AvgIpc) is 2.72. The van der Waals surface area contributed by atoms with Crippen LogP contribution in [0.15, 0.2) is 46.2 Å². The average molecular weight is 527 g/mol. The molecule has 2 aromatic carbocycles. The molecule has 0 saturated heterocycles. The van der Waals surface area contributed by atoms with Gasteiger partial charge in [0.2, 0.25) is 20.0 Å². The molecule has 192 valence electrons. The molecule has 0 unspecified atom stereocenters. The molecular weight excluding hydrogens is 492 g/mol. The Morgan fingerprint density at radius 1 is 0.639 bits per heavy atom. The first-order valence-electron chi connectivity index (χ1n) is 11.4. The number of hydrogen-bond donors (Lipinski definition) is 0. The lowest BCUT2D eigenvalue weighted by molar-refractivity contribution is 0.469. The van der Waals surface area contributed by atoms with Gasteiger partial charge in [-0.15, -0.1) is 12.8 Å². The Kier molecular flexibility index (Phi) is 9.70. The summed E-state index contributed by atoms with van der Waals surface area (Å²) in [6.07, 6.45) is 14.1. The molecule has 0 amide bonds. The van der Waals surface area contributed by atoms with Crippen LogP contribution in [0.5, 0.6) is 0 Å². The molecule has 0 spiro atoms. The van der Waals surface area contributed by atoms with E-state index in [2.05, 4.69) is 11.8 Å². The molecule has 0 heterocycles. The highest BCUT2D eigenvalue weighted by atomic mass is 32.2. The second-order valence-electron chi connectivity index (χ2n) is 8.93. The first-order chi connectivity index (χ1) is 16.8. The minimum absolute atomic E-state index is 0.00812. The number of nitrogens with zero attached hydrogens (tertiary/aromatic N) is 2. The summed E-state index contributed by atoms with van der Waals surface area (Å²) in [5, 5.41) is 0. The molecule has 0 aromatic heterocycles. The van der Waals surface area contributed by atoms with E-state index in [-0.39, 0.29) is 36.0 Å². The largest absolute Gasteiger partial charge is 0.244 e. The van der Waals surface area contributed by atoms with Gasteiger partial charge in [-0.25, -0.2) is 16.8 Å². The van der Waals surface area contributed by atoms with Gasteiger partial charge in [0.25, 0.3) is 0 Å². The smallest absolute Gasteiger partial charge is 0.207 e. The van der Waals surface area contributed by atoms with Crippen LogP contribution in [0.25, 0.3) is 0 Å². The van der Waals surface area contributed by atoms with Gasteiger partial charge in [-0.05, 0) is 63.8 Å². The van der Waals surface area contributed by atoms with Crippen LogP contribution in [0.4, 0.5) is 0 Å². The van der Waals surface area contributed by atoms with E-state index in [4.69, 9.17) is 12.8 Å². The van der Waals surface area contributed by atoms with Gasteiger partial charge in [-0.3, -0.25) is 0 Å². The Morgan fingerprint density at radius 3 is 1.17 bits per heavy atom. The van der Waals surface area contributed by atoms with Crippen LogP contribution in [0.2, 0.25) is 0 Å². The van der Waals surface area contributed by atoms with Crippen LogP contribution in [0, 0.1) is 66.2 Å². The Hall–Kier alpha value is -2.88. The molecule has 6 nitrogen and oxygen atoms in total. The molecule has 0 aliphatic rings. The van der Waals surface area contributed by atoms with Crippen LogP contribution < -0.4 is 0 Å². The minimum Gasteiger partial charge on any atom is -0.207 e. The summed E-state index contributed by atoms with van der Waals surface area (Å²) in [6, 6.07) is 7.28. The van der Waals surface area contributed by atoms with Crippen molar-refractivity contribution in [2.45, 2.75) is 51.3 Å². The number of terminal acetylenes is 2. The van der Waals surface area contributed by atoms with E-state index in [1.165, 1.54) is 8.61 Å². The van der Waals surface area contributed by atoms with Crippen LogP contribution >= 0.6 is 0 Å². The number of rotatable bonds is 10. The van der Waals surface area contributed by atoms with Crippen molar-refractivity contribution in [2.24, 2.45) is 0 Å². The van der Waals surface area contributed by atoms with Gasteiger partial charge < -0.3 is 0 Å². The molecule has 0 aliphatic heterocycles. The van der Waals surface area contributed by atoms with Gasteiger partial charge in [0, 0.05) is 13.1 Å². The van der Waals surface area contributed by atoms with Gasteiger partial charge >= 0.3 is 0 Å². The fourth-order valence-corrected chi connectivity index (χ4v) is 7.92. The Labute approximate surface area is 217 Å². The first-order valence-corrected chi connectivity index (χ1v) is 14.3. The lowest BCUT2D eigenvalue weighted by Crippen LogP contribution is -2.34. The number of benzene rings is 2. The van der Waals surface area contributed by atoms with Crippen LogP contribution in [-0.4, -0.2) is 51.6 Å². The van der Waals surface area contributed by atoms with Crippen LogP contribution in [0.3, 0.4) is 0 Å². The molecule has 0 fully saturated rings. The quantitative estimate of drug-likeness (QED) is 0.346. The Morgan fingerprint density at radius 2 is 0.917 bits per heavy atom. The fraction of sp³-hybridized carbons (Fsp3) is 0.357. The van der Waals surface area contributed by atoms with Crippen LogP contribution in [0.1, 0.15) is 33.4 Å². The van der Waals surface area contributed by atoms with Gasteiger partial charge in [0.05, 0.1) is 22.9 Å². The molecule has 2 rings (SSSR count). The van der Waals surface area contributed by atoms with Crippen molar-refractivity contribution in [3.05, 3.63) is 69.8 Å². The summed E-state index contributed by atoms with van der Waals surface area (Å²) in [4.78, 5) is 0.470. The molecule has 0 radical (unpaired) electrons. The van der Waals surface area contributed by atoms with Crippen LogP contribution in [-0.2, 0) is 20.0 Å². The molecule has 2 aromatic rings. The third kappa shape index (κ3) is 6.46. The van der Waals surface area contributed by atoms with Gasteiger partial charge in [-0.1, -0.05) is 59.4 Å². The number of sulfonamides is 2. The zero-order valence-electron chi connectivity index (χ0n) is 21.8. The maximum Gasteiger partial charge on any atom is 0.244 e. The summed E-state index contributed by atoms with van der Waals surface area (Å²) in [5.74, 6) is 4.81. The first kappa shape index (κ1) is 29.4. The summed E-state index contributed by atoms with van der Waals surface area (Å²) in [5.41, 5.74) is 4.53. The predicted octanol–water partition coefficient (Wildman–Crippen LogP) is 4.04. The molecular formula is C28H34N2O4S2. The lowest BCUT2D eigenvalue weighted by Gasteiger charge is -2.22. The van der Waals surface area contributed by atoms with E-state index in [1.807, 2.05) is 38.1 Å². The Balaban J connectivity index is 2.32. The third-order valence-corrected chi connectivity index (χ3v) is 9.96. The van der Waals surface area contributed by atoms with Crippen molar-refractivity contribution in [3.63, 3.8) is 0 Å². The second kappa shape index (κ2) is 11.9. The molecule has 0 atom stereocenters. The molecule has 0 saturated carbocycles. The standard InChI is InChI=1S/C28H34N2O4S2/c1-9-13-29(35(31,32)27-23(5)17-21(3)18-24(27)6)15-11-12-16-30(14-10-2)36(33,34)28-25(7)19-22(4)20-26(28)8/h1-2,11-12,17-20H,13-16H2,3-8H3/b12-11+. The molecule has 36 heavy (non-hydrogen) atoms. The maximum atomic E-state index is 13.4. The lowest BCUT2D eigenvalue weighted by atomic mass is 10.1. The highest BCUT2D eigenvalue weighted by molar-refractivity contribution is 7.89. The minimum atomic E-state index is -3.86. The van der Waals surface area contributed by atoms with Crippen molar-refractivity contribution in [3.8, 4) is 24.7 Å². The van der Waals surface area contributed by atoms with Crippen molar-refractivity contribution in [1.29, 1.82) is 0 Å². The Bertz CT molecular complexity index is 1300. The van der Waals surface area contributed by atoms with Gasteiger partial charge in [-0.2, -0.15) is 8.61 Å². The van der Waals surface area contributed by atoms with Gasteiger partial charge in [0.1, 0.15) is 0 Å². The maximum absolute atomic E-state index is 13.4. The van der Waals surface area contributed by atoms with Gasteiger partial charge in [0.15, 0.2) is 0 Å². The van der Waals surface area contributed by atoms with E-state index in [9.17, 15) is 16.8 Å². The monoisotopic (exact) mass is 526 g/mol. The van der Waals surface area contributed by atoms with Crippen molar-refractivity contribution >= 4 is 20.0 Å². The molecule has 8 heteroatoms. The van der Waals surface area contributed by atoms with Crippen molar-refractivity contribution < 1.29 is 16.8 Å². The highest BCUT2D eigenvalue weighted by Gasteiger charge is 2.28. The highest BCUT2D eigenvalue weighted by Crippen LogP contribution is 2.26. The zero-order valence-corrected chi connectivity index (χ0v) is 23.4. The summed E-state index contributed by atoms with van der Waals surface area (Å²) < 4.78 is 56.1. The summed E-state index contributed by atoms with van der Waals surface area (Å²) in [7, 11) is -7.73. The van der Waals surface area contributed by atoms with E-state index in [0.29, 0.717) is 22.3 Å². The van der Waals surface area contributed by atoms with Crippen molar-refractivity contribution in [2.75, 3.05) is 26.2 Å². The summed E-state index contributed by atoms with van der Waals surface area (Å²) >= 11 is 0. The normalized spacial score (nSPS) is 12.3. The van der Waals surface area contributed by atoms with E-state index in [0.717, 1.165) is 11.1 Å². The number of aryl methyl sites for hydroxylation is 6. The van der Waals surface area contributed by atoms with E-state index in [1.54, 1.807) is 39.8 Å².